The molecule has 1 amide bonds. The normalized spacial score (nSPS) is 20.2. The van der Waals surface area contributed by atoms with Gasteiger partial charge in [-0.05, 0) is 25.7 Å². The molecule has 0 heterocycles. The first-order valence-corrected chi connectivity index (χ1v) is 6.53. The smallest absolute Gasteiger partial charge is 0.226 e. The fraction of sp³-hybridized carbons (Fsp3) is 0.923. The first-order valence-electron chi connectivity index (χ1n) is 6.53. The molecule has 0 aliphatic heterocycles. The predicted octanol–water partition coefficient (Wildman–Crippen LogP) is 2.43. The van der Waals surface area contributed by atoms with Gasteiger partial charge < -0.3 is 10.6 Å². The highest BCUT2D eigenvalue weighted by Gasteiger charge is 2.23. The average molecular weight is 263 g/mol. The molecule has 0 radical (unpaired) electrons. The predicted molar refractivity (Wildman–Crippen MR) is 74.3 cm³/mol. The Morgan fingerprint density at radius 2 is 1.82 bits per heavy atom. The van der Waals surface area contributed by atoms with Crippen molar-refractivity contribution >= 4 is 18.3 Å². The lowest BCUT2D eigenvalue weighted by molar-refractivity contribution is -0.134. The van der Waals surface area contributed by atoms with Crippen molar-refractivity contribution in [2.75, 3.05) is 13.6 Å². The Labute approximate surface area is 112 Å². The molecule has 0 aromatic rings. The van der Waals surface area contributed by atoms with Crippen LogP contribution < -0.4 is 5.73 Å². The number of hydrogen-bond acceptors (Lipinski definition) is 2. The van der Waals surface area contributed by atoms with Crippen molar-refractivity contribution in [2.24, 2.45) is 17.6 Å². The SMILES string of the molecule is CC(N)C(C)C(=O)N(C)CC1CCCCC1.Cl. The summed E-state index contributed by atoms with van der Waals surface area (Å²) >= 11 is 0. The van der Waals surface area contributed by atoms with Crippen LogP contribution in [-0.2, 0) is 4.79 Å². The molecule has 0 saturated heterocycles. The summed E-state index contributed by atoms with van der Waals surface area (Å²) in [5, 5.41) is 0. The summed E-state index contributed by atoms with van der Waals surface area (Å²) in [6.45, 7) is 4.73. The summed E-state index contributed by atoms with van der Waals surface area (Å²) in [7, 11) is 1.91. The van der Waals surface area contributed by atoms with Gasteiger partial charge >= 0.3 is 0 Å². The molecule has 4 heteroatoms. The monoisotopic (exact) mass is 262 g/mol. The molecule has 1 saturated carbocycles. The maximum Gasteiger partial charge on any atom is 0.226 e. The van der Waals surface area contributed by atoms with E-state index in [4.69, 9.17) is 5.73 Å². The van der Waals surface area contributed by atoms with Gasteiger partial charge in [0.05, 0.1) is 5.92 Å². The highest BCUT2D eigenvalue weighted by molar-refractivity contribution is 5.85. The minimum atomic E-state index is -0.0615. The number of halogens is 1. The first-order chi connectivity index (χ1) is 7.52. The van der Waals surface area contributed by atoms with Crippen LogP contribution in [0.1, 0.15) is 46.0 Å². The number of rotatable bonds is 4. The summed E-state index contributed by atoms with van der Waals surface area (Å²) in [6, 6.07) is -0.0543. The molecule has 0 aromatic carbocycles. The minimum absolute atomic E-state index is 0. The van der Waals surface area contributed by atoms with E-state index in [1.165, 1.54) is 32.1 Å². The lowest BCUT2D eigenvalue weighted by atomic mass is 9.88. The fourth-order valence-corrected chi connectivity index (χ4v) is 2.42. The number of amides is 1. The van der Waals surface area contributed by atoms with Crippen molar-refractivity contribution in [3.8, 4) is 0 Å². The molecule has 1 aliphatic rings. The molecule has 2 N–H and O–H groups in total. The van der Waals surface area contributed by atoms with E-state index in [2.05, 4.69) is 0 Å². The van der Waals surface area contributed by atoms with Gasteiger partial charge in [-0.3, -0.25) is 4.79 Å². The van der Waals surface area contributed by atoms with E-state index in [1.807, 2.05) is 25.8 Å². The van der Waals surface area contributed by atoms with Crippen LogP contribution in [0.3, 0.4) is 0 Å². The summed E-state index contributed by atoms with van der Waals surface area (Å²) in [6.07, 6.45) is 6.59. The van der Waals surface area contributed by atoms with Crippen LogP contribution >= 0.6 is 12.4 Å². The van der Waals surface area contributed by atoms with Crippen molar-refractivity contribution < 1.29 is 4.79 Å². The van der Waals surface area contributed by atoms with Gasteiger partial charge in [0, 0.05) is 19.6 Å². The van der Waals surface area contributed by atoms with Crippen LogP contribution in [0.2, 0.25) is 0 Å². The van der Waals surface area contributed by atoms with E-state index < -0.39 is 0 Å². The second-order valence-electron chi connectivity index (χ2n) is 5.37. The van der Waals surface area contributed by atoms with E-state index in [0.29, 0.717) is 5.92 Å². The summed E-state index contributed by atoms with van der Waals surface area (Å²) in [4.78, 5) is 13.9. The number of nitrogens with zero attached hydrogens (tertiary/aromatic N) is 1. The van der Waals surface area contributed by atoms with Crippen LogP contribution in [0, 0.1) is 11.8 Å². The van der Waals surface area contributed by atoms with Crippen molar-refractivity contribution in [3.63, 3.8) is 0 Å². The highest BCUT2D eigenvalue weighted by Crippen LogP contribution is 2.24. The lowest BCUT2D eigenvalue weighted by Gasteiger charge is -2.29. The van der Waals surface area contributed by atoms with Crippen LogP contribution in [-0.4, -0.2) is 30.4 Å². The Bertz CT molecular complexity index is 227. The van der Waals surface area contributed by atoms with E-state index in [9.17, 15) is 4.79 Å². The fourth-order valence-electron chi connectivity index (χ4n) is 2.42. The number of carbonyl (C=O) groups excluding carboxylic acids is 1. The van der Waals surface area contributed by atoms with Gasteiger partial charge in [0.15, 0.2) is 0 Å². The third kappa shape index (κ3) is 5.26. The maximum absolute atomic E-state index is 12.0. The quantitative estimate of drug-likeness (QED) is 0.846. The number of hydrogen-bond donors (Lipinski definition) is 1. The molecule has 1 aliphatic carbocycles. The van der Waals surface area contributed by atoms with Gasteiger partial charge in [-0.2, -0.15) is 0 Å². The van der Waals surface area contributed by atoms with Crippen molar-refractivity contribution in [1.29, 1.82) is 0 Å². The third-order valence-electron chi connectivity index (χ3n) is 3.81. The molecule has 3 nitrogen and oxygen atoms in total. The molecule has 2 atom stereocenters. The molecule has 0 aromatic heterocycles. The average Bonchev–Trinajstić information content (AvgIpc) is 2.28. The third-order valence-corrected chi connectivity index (χ3v) is 3.81. The van der Waals surface area contributed by atoms with Gasteiger partial charge in [0.1, 0.15) is 0 Å². The van der Waals surface area contributed by atoms with Gasteiger partial charge in [-0.25, -0.2) is 0 Å². The maximum atomic E-state index is 12.0. The number of carbonyl (C=O) groups is 1. The Morgan fingerprint density at radius 1 is 1.29 bits per heavy atom. The van der Waals surface area contributed by atoms with E-state index in [-0.39, 0.29) is 30.3 Å². The Kier molecular flexibility index (Phi) is 7.80. The van der Waals surface area contributed by atoms with Crippen LogP contribution in [0.5, 0.6) is 0 Å². The van der Waals surface area contributed by atoms with Gasteiger partial charge in [0.25, 0.3) is 0 Å². The van der Waals surface area contributed by atoms with Crippen molar-refractivity contribution in [3.05, 3.63) is 0 Å². The second kappa shape index (κ2) is 7.93. The lowest BCUT2D eigenvalue weighted by Crippen LogP contribution is -2.41. The van der Waals surface area contributed by atoms with Crippen LogP contribution in [0.25, 0.3) is 0 Å². The molecular formula is C13H27ClN2O. The Morgan fingerprint density at radius 3 is 2.29 bits per heavy atom. The van der Waals surface area contributed by atoms with Crippen molar-refractivity contribution in [2.45, 2.75) is 52.0 Å². The molecule has 0 spiro atoms. The summed E-state index contributed by atoms with van der Waals surface area (Å²) in [5.41, 5.74) is 5.76. The second-order valence-corrected chi connectivity index (χ2v) is 5.37. The van der Waals surface area contributed by atoms with Crippen LogP contribution in [0.15, 0.2) is 0 Å². The molecule has 0 bridgehead atoms. The van der Waals surface area contributed by atoms with Crippen molar-refractivity contribution in [1.82, 2.24) is 4.90 Å². The summed E-state index contributed by atoms with van der Waals surface area (Å²) in [5.74, 6) is 0.845. The summed E-state index contributed by atoms with van der Waals surface area (Å²) < 4.78 is 0. The standard InChI is InChI=1S/C13H26N2O.ClH/c1-10(11(2)14)13(16)15(3)9-12-7-5-4-6-8-12;/h10-12H,4-9,14H2,1-3H3;1H. The van der Waals surface area contributed by atoms with E-state index in [1.54, 1.807) is 0 Å². The zero-order chi connectivity index (χ0) is 12.1. The van der Waals surface area contributed by atoms with Gasteiger partial charge in [-0.1, -0.05) is 26.2 Å². The molecule has 17 heavy (non-hydrogen) atoms. The zero-order valence-corrected chi connectivity index (χ0v) is 12.1. The van der Waals surface area contributed by atoms with E-state index >= 15 is 0 Å². The molecule has 1 rings (SSSR count). The highest BCUT2D eigenvalue weighted by atomic mass is 35.5. The van der Waals surface area contributed by atoms with Gasteiger partial charge in [0.2, 0.25) is 5.91 Å². The minimum Gasteiger partial charge on any atom is -0.345 e. The number of nitrogens with two attached hydrogens (primary N) is 1. The first kappa shape index (κ1) is 16.7. The molecule has 102 valence electrons. The topological polar surface area (TPSA) is 46.3 Å². The Balaban J connectivity index is 0.00000256. The van der Waals surface area contributed by atoms with E-state index in [0.717, 1.165) is 6.54 Å². The molecule has 2 unspecified atom stereocenters. The molecule has 1 fully saturated rings. The molecular weight excluding hydrogens is 236 g/mol. The Hall–Kier alpha value is -0.280. The van der Waals surface area contributed by atoms with Gasteiger partial charge in [-0.15, -0.1) is 12.4 Å². The largest absolute Gasteiger partial charge is 0.345 e. The van der Waals surface area contributed by atoms with Crippen LogP contribution in [0.4, 0.5) is 0 Å². The zero-order valence-electron chi connectivity index (χ0n) is 11.3.